The maximum Gasteiger partial charge on any atom is 0.233 e. The quantitative estimate of drug-likeness (QED) is 0.657. The van der Waals surface area contributed by atoms with Crippen LogP contribution in [0, 0.1) is 6.92 Å². The number of hydrogen-bond acceptors (Lipinski definition) is 4. The lowest BCUT2D eigenvalue weighted by atomic mass is 10.2. The number of aryl methyl sites for hydroxylation is 1. The first-order chi connectivity index (χ1) is 11.5. The number of halogens is 1. The maximum absolute atomic E-state index is 12.9. The molecule has 2 aromatic rings. The Bertz CT molecular complexity index is 670. The first-order valence-electron chi connectivity index (χ1n) is 8.22. The average molecular weight is 410 g/mol. The van der Waals surface area contributed by atoms with Gasteiger partial charge < -0.3 is 9.80 Å². The zero-order chi connectivity index (χ0) is 17.5. The van der Waals surface area contributed by atoms with E-state index in [0.717, 1.165) is 40.5 Å². The van der Waals surface area contributed by atoms with E-state index in [1.54, 1.807) is 11.3 Å². The van der Waals surface area contributed by atoms with Crippen LogP contribution in [0.2, 0.25) is 0 Å². The summed E-state index contributed by atoms with van der Waals surface area (Å²) in [4.78, 5) is 21.5. The maximum atomic E-state index is 12.9. The van der Waals surface area contributed by atoms with Gasteiger partial charge in [-0.05, 0) is 38.2 Å². The smallest absolute Gasteiger partial charge is 0.233 e. The molecule has 0 spiro atoms. The molecule has 0 aliphatic heterocycles. The van der Waals surface area contributed by atoms with Crippen molar-refractivity contribution in [3.63, 3.8) is 0 Å². The predicted molar refractivity (Wildman–Crippen MR) is 105 cm³/mol. The Kier molecular flexibility index (Phi) is 7.40. The summed E-state index contributed by atoms with van der Waals surface area (Å²) in [5, 5.41) is 2.96. The summed E-state index contributed by atoms with van der Waals surface area (Å²) in [6.45, 7) is 9.77. The van der Waals surface area contributed by atoms with Crippen molar-refractivity contribution in [2.75, 3.05) is 31.1 Å². The summed E-state index contributed by atoms with van der Waals surface area (Å²) >= 11 is 5.08. The number of amides is 1. The number of nitrogens with zero attached hydrogens (tertiary/aromatic N) is 3. The number of carbonyl (C=O) groups is 1. The largest absolute Gasteiger partial charge is 0.311 e. The van der Waals surface area contributed by atoms with Crippen LogP contribution < -0.4 is 4.90 Å². The molecule has 0 fully saturated rings. The molecule has 6 heteroatoms. The molecule has 0 radical (unpaired) electrons. The number of anilines is 1. The van der Waals surface area contributed by atoms with Crippen molar-refractivity contribution in [3.8, 4) is 0 Å². The lowest BCUT2D eigenvalue weighted by Gasteiger charge is -2.26. The van der Waals surface area contributed by atoms with Crippen LogP contribution >= 0.6 is 27.3 Å². The van der Waals surface area contributed by atoms with Gasteiger partial charge in [0.05, 0.1) is 17.1 Å². The summed E-state index contributed by atoms with van der Waals surface area (Å²) in [5.41, 5.74) is 1.78. The highest BCUT2D eigenvalue weighted by molar-refractivity contribution is 9.10. The Balaban J connectivity index is 2.16. The van der Waals surface area contributed by atoms with Gasteiger partial charge in [-0.2, -0.15) is 0 Å². The average Bonchev–Trinajstić information content (AvgIpc) is 2.96. The monoisotopic (exact) mass is 409 g/mol. The lowest BCUT2D eigenvalue weighted by Crippen LogP contribution is -2.39. The third kappa shape index (κ3) is 5.40. The summed E-state index contributed by atoms with van der Waals surface area (Å²) in [5.74, 6) is 0.0885. The number of likely N-dealkylation sites (N-methyl/N-ethyl adjacent to an activating group) is 1. The summed E-state index contributed by atoms with van der Waals surface area (Å²) in [6.07, 6.45) is 0.342. The minimum absolute atomic E-state index is 0.0885. The minimum atomic E-state index is 0.0885. The second-order valence-corrected chi connectivity index (χ2v) is 7.56. The lowest BCUT2D eigenvalue weighted by molar-refractivity contribution is -0.118. The molecule has 0 aliphatic rings. The van der Waals surface area contributed by atoms with E-state index in [4.69, 9.17) is 0 Å². The molecule has 130 valence electrons. The molecule has 0 saturated heterocycles. The third-order valence-corrected chi connectivity index (χ3v) is 5.27. The van der Waals surface area contributed by atoms with E-state index < -0.39 is 0 Å². The second-order valence-electron chi connectivity index (χ2n) is 5.59. The zero-order valence-electron chi connectivity index (χ0n) is 14.5. The number of rotatable bonds is 8. The van der Waals surface area contributed by atoms with Gasteiger partial charge in [0.1, 0.15) is 0 Å². The van der Waals surface area contributed by atoms with Gasteiger partial charge in [0.15, 0.2) is 0 Å². The Labute approximate surface area is 156 Å². The summed E-state index contributed by atoms with van der Waals surface area (Å²) in [6, 6.07) is 7.91. The molecular formula is C18H24BrN3OS. The fraction of sp³-hybridized carbons (Fsp3) is 0.444. The van der Waals surface area contributed by atoms with E-state index in [2.05, 4.69) is 39.7 Å². The minimum Gasteiger partial charge on any atom is -0.311 e. The molecule has 0 bridgehead atoms. The predicted octanol–water partition coefficient (Wildman–Crippen LogP) is 4.13. The normalized spacial score (nSPS) is 11.0. The van der Waals surface area contributed by atoms with Crippen molar-refractivity contribution in [1.29, 1.82) is 0 Å². The molecule has 0 aliphatic carbocycles. The highest BCUT2D eigenvalue weighted by Crippen LogP contribution is 2.21. The second kappa shape index (κ2) is 9.30. The Hall–Kier alpha value is -1.24. The van der Waals surface area contributed by atoms with Gasteiger partial charge in [-0.25, -0.2) is 4.98 Å². The van der Waals surface area contributed by atoms with Gasteiger partial charge in [-0.3, -0.25) is 4.79 Å². The van der Waals surface area contributed by atoms with Crippen LogP contribution in [-0.2, 0) is 11.2 Å². The molecular weight excluding hydrogens is 386 g/mol. The SMILES string of the molecule is CCN(CC)CCN(C(=O)Cc1csc(C)n1)c1cccc(Br)c1. The molecule has 0 atom stereocenters. The van der Waals surface area contributed by atoms with Crippen LogP contribution in [0.25, 0.3) is 0 Å². The highest BCUT2D eigenvalue weighted by Gasteiger charge is 2.18. The Morgan fingerprint density at radius 3 is 2.58 bits per heavy atom. The standard InChI is InChI=1S/C18H24BrN3OS/c1-4-21(5-2)9-10-22(17-8-6-7-15(19)11-17)18(23)12-16-13-24-14(3)20-16/h6-8,11,13H,4-5,9-10,12H2,1-3H3. The van der Waals surface area contributed by atoms with Gasteiger partial charge in [-0.1, -0.05) is 35.8 Å². The van der Waals surface area contributed by atoms with Crippen LogP contribution in [0.5, 0.6) is 0 Å². The van der Waals surface area contributed by atoms with Crippen molar-refractivity contribution in [1.82, 2.24) is 9.88 Å². The first-order valence-corrected chi connectivity index (χ1v) is 9.90. The van der Waals surface area contributed by atoms with Crippen molar-refractivity contribution in [2.24, 2.45) is 0 Å². The molecule has 0 N–H and O–H groups in total. The number of aromatic nitrogens is 1. The van der Waals surface area contributed by atoms with E-state index in [9.17, 15) is 4.79 Å². The molecule has 1 heterocycles. The van der Waals surface area contributed by atoms with Crippen LogP contribution in [0.3, 0.4) is 0 Å². The Morgan fingerprint density at radius 1 is 1.25 bits per heavy atom. The Morgan fingerprint density at radius 2 is 2.00 bits per heavy atom. The van der Waals surface area contributed by atoms with E-state index in [0.29, 0.717) is 13.0 Å². The molecule has 0 saturated carbocycles. The summed E-state index contributed by atoms with van der Waals surface area (Å²) in [7, 11) is 0. The summed E-state index contributed by atoms with van der Waals surface area (Å²) < 4.78 is 0.977. The van der Waals surface area contributed by atoms with E-state index >= 15 is 0 Å². The molecule has 0 unspecified atom stereocenters. The van der Waals surface area contributed by atoms with Crippen LogP contribution in [-0.4, -0.2) is 42.0 Å². The van der Waals surface area contributed by atoms with E-state index in [-0.39, 0.29) is 5.91 Å². The van der Waals surface area contributed by atoms with Gasteiger partial charge in [0.25, 0.3) is 0 Å². The molecule has 24 heavy (non-hydrogen) atoms. The van der Waals surface area contributed by atoms with Crippen LogP contribution in [0.4, 0.5) is 5.69 Å². The number of hydrogen-bond donors (Lipinski definition) is 0. The number of carbonyl (C=O) groups excluding carboxylic acids is 1. The zero-order valence-corrected chi connectivity index (χ0v) is 16.9. The van der Waals surface area contributed by atoms with Crippen molar-refractivity contribution in [2.45, 2.75) is 27.2 Å². The topological polar surface area (TPSA) is 36.4 Å². The van der Waals surface area contributed by atoms with Gasteiger partial charge in [0.2, 0.25) is 5.91 Å². The molecule has 1 aromatic heterocycles. The van der Waals surface area contributed by atoms with Crippen molar-refractivity contribution < 1.29 is 4.79 Å². The van der Waals surface area contributed by atoms with Crippen LogP contribution in [0.15, 0.2) is 34.1 Å². The third-order valence-electron chi connectivity index (χ3n) is 3.95. The van der Waals surface area contributed by atoms with E-state index in [1.165, 1.54) is 0 Å². The molecule has 4 nitrogen and oxygen atoms in total. The van der Waals surface area contributed by atoms with Crippen LogP contribution in [0.1, 0.15) is 24.5 Å². The molecule has 1 aromatic carbocycles. The van der Waals surface area contributed by atoms with Crippen molar-refractivity contribution in [3.05, 3.63) is 44.8 Å². The number of thiazole rings is 1. The van der Waals surface area contributed by atoms with Gasteiger partial charge >= 0.3 is 0 Å². The number of benzene rings is 1. The van der Waals surface area contributed by atoms with Crippen molar-refractivity contribution >= 4 is 38.9 Å². The highest BCUT2D eigenvalue weighted by atomic mass is 79.9. The van der Waals surface area contributed by atoms with E-state index in [1.807, 2.05) is 41.5 Å². The van der Waals surface area contributed by atoms with Gasteiger partial charge in [0, 0.05) is 28.6 Å². The molecule has 2 rings (SSSR count). The molecule has 1 amide bonds. The fourth-order valence-electron chi connectivity index (χ4n) is 2.56. The fourth-order valence-corrected chi connectivity index (χ4v) is 3.56. The van der Waals surface area contributed by atoms with Gasteiger partial charge in [-0.15, -0.1) is 11.3 Å². The first kappa shape index (κ1) is 19.1.